The number of hydrogen-bond acceptors (Lipinski definition) is 4. The lowest BCUT2D eigenvalue weighted by atomic mass is 9.94. The van der Waals surface area contributed by atoms with Gasteiger partial charge in [-0.05, 0) is 35.9 Å². The van der Waals surface area contributed by atoms with Gasteiger partial charge in [-0.15, -0.1) is 0 Å². The van der Waals surface area contributed by atoms with Crippen LogP contribution in [0, 0.1) is 5.82 Å². The molecule has 0 saturated carbocycles. The fourth-order valence-electron chi connectivity index (χ4n) is 3.95. The van der Waals surface area contributed by atoms with Crippen molar-refractivity contribution in [3.63, 3.8) is 0 Å². The normalized spacial score (nSPS) is 19.1. The van der Waals surface area contributed by atoms with Gasteiger partial charge in [-0.1, -0.05) is 23.7 Å². The van der Waals surface area contributed by atoms with Crippen molar-refractivity contribution in [2.75, 3.05) is 13.1 Å². The highest BCUT2D eigenvalue weighted by atomic mass is 35.5. The lowest BCUT2D eigenvalue weighted by molar-refractivity contribution is -0.137. The summed E-state index contributed by atoms with van der Waals surface area (Å²) in [7, 11) is -2.38. The van der Waals surface area contributed by atoms with E-state index in [2.05, 4.69) is 10.3 Å². The third-order valence-corrected chi connectivity index (χ3v) is 7.75. The first-order valence-electron chi connectivity index (χ1n) is 10.3. The summed E-state index contributed by atoms with van der Waals surface area (Å²) in [6.45, 7) is -0.149. The maximum Gasteiger partial charge on any atom is 0.417 e. The summed E-state index contributed by atoms with van der Waals surface area (Å²) in [4.78, 5) is 16.8. The number of imidazole rings is 1. The Balaban J connectivity index is 1.62. The van der Waals surface area contributed by atoms with E-state index in [0.29, 0.717) is 11.6 Å². The van der Waals surface area contributed by atoms with E-state index < -0.39 is 50.5 Å². The van der Waals surface area contributed by atoms with Crippen LogP contribution in [0.2, 0.25) is 5.02 Å². The molecule has 4 rings (SSSR count). The van der Waals surface area contributed by atoms with E-state index in [9.17, 15) is 30.8 Å². The summed E-state index contributed by atoms with van der Waals surface area (Å²) in [5, 5.41) is 1.90. The molecule has 0 aliphatic carbocycles. The number of carbonyl (C=O) groups is 1. The quantitative estimate of drug-likeness (QED) is 0.508. The standard InChI is InChI=1S/C22H19ClF4N4O3S/c1-30-11-20(28-12-30)35(33,34)31-9-16(13-2-5-15(24)6-3-13)19(10-31)29-21(32)14-4-7-17(18(23)8-14)22(25,26)27/h2-8,11-12,16,19H,9-10H2,1H3,(H,29,32). The van der Waals surface area contributed by atoms with Gasteiger partial charge in [-0.25, -0.2) is 17.8 Å². The monoisotopic (exact) mass is 530 g/mol. The van der Waals surface area contributed by atoms with Crippen LogP contribution in [0.25, 0.3) is 0 Å². The number of amides is 1. The van der Waals surface area contributed by atoms with Crippen LogP contribution in [-0.2, 0) is 23.2 Å². The van der Waals surface area contributed by atoms with Gasteiger partial charge >= 0.3 is 6.18 Å². The van der Waals surface area contributed by atoms with E-state index in [1.54, 1.807) is 7.05 Å². The van der Waals surface area contributed by atoms with Crippen molar-refractivity contribution in [3.05, 3.63) is 82.5 Å². The van der Waals surface area contributed by atoms with Crippen molar-refractivity contribution in [3.8, 4) is 0 Å². The Morgan fingerprint density at radius 2 is 1.83 bits per heavy atom. The average molecular weight is 531 g/mol. The molecule has 7 nitrogen and oxygen atoms in total. The topological polar surface area (TPSA) is 84.3 Å². The molecule has 1 aromatic heterocycles. The van der Waals surface area contributed by atoms with Crippen LogP contribution in [0.5, 0.6) is 0 Å². The van der Waals surface area contributed by atoms with Gasteiger partial charge in [0.2, 0.25) is 0 Å². The summed E-state index contributed by atoms with van der Waals surface area (Å²) in [6.07, 6.45) is -1.99. The largest absolute Gasteiger partial charge is 0.417 e. The number of sulfonamides is 1. The Morgan fingerprint density at radius 1 is 1.14 bits per heavy atom. The predicted octanol–water partition coefficient (Wildman–Crippen LogP) is 3.82. The van der Waals surface area contributed by atoms with Crippen LogP contribution >= 0.6 is 11.6 Å². The van der Waals surface area contributed by atoms with Gasteiger partial charge in [0.1, 0.15) is 5.82 Å². The fourth-order valence-corrected chi connectivity index (χ4v) is 5.70. The van der Waals surface area contributed by atoms with Gasteiger partial charge in [0.05, 0.1) is 23.0 Å². The van der Waals surface area contributed by atoms with E-state index in [-0.39, 0.29) is 23.7 Å². The van der Waals surface area contributed by atoms with E-state index in [1.807, 2.05) is 0 Å². The number of rotatable bonds is 5. The van der Waals surface area contributed by atoms with Crippen LogP contribution in [-0.4, -0.2) is 47.3 Å². The van der Waals surface area contributed by atoms with Crippen molar-refractivity contribution in [1.82, 2.24) is 19.2 Å². The van der Waals surface area contributed by atoms with Crippen molar-refractivity contribution in [1.29, 1.82) is 0 Å². The molecule has 2 heterocycles. The van der Waals surface area contributed by atoms with Gasteiger partial charge in [-0.2, -0.15) is 17.5 Å². The number of carbonyl (C=O) groups excluding carboxylic acids is 1. The van der Waals surface area contributed by atoms with Crippen molar-refractivity contribution in [2.45, 2.75) is 23.2 Å². The predicted molar refractivity (Wildman–Crippen MR) is 119 cm³/mol. The van der Waals surface area contributed by atoms with E-state index in [0.717, 1.165) is 16.4 Å². The molecule has 2 atom stereocenters. The minimum atomic E-state index is -4.68. The Kier molecular flexibility index (Phi) is 6.64. The van der Waals surface area contributed by atoms with E-state index >= 15 is 0 Å². The summed E-state index contributed by atoms with van der Waals surface area (Å²) in [5.41, 5.74) is -0.610. The molecule has 1 aliphatic rings. The molecule has 35 heavy (non-hydrogen) atoms. The first kappa shape index (κ1) is 25.1. The highest BCUT2D eigenvalue weighted by molar-refractivity contribution is 7.89. The van der Waals surface area contributed by atoms with Gasteiger partial charge in [-0.3, -0.25) is 4.79 Å². The second kappa shape index (κ2) is 9.25. The molecule has 186 valence electrons. The molecular formula is C22H19ClF4N4O3S. The number of halogens is 5. The minimum Gasteiger partial charge on any atom is -0.347 e. The Morgan fingerprint density at radius 3 is 2.40 bits per heavy atom. The Bertz CT molecular complexity index is 1360. The summed E-state index contributed by atoms with van der Waals surface area (Å²) >= 11 is 5.73. The molecule has 1 N–H and O–H groups in total. The number of aryl methyl sites for hydroxylation is 1. The van der Waals surface area contributed by atoms with Gasteiger partial charge in [0.25, 0.3) is 15.9 Å². The highest BCUT2D eigenvalue weighted by Crippen LogP contribution is 2.35. The van der Waals surface area contributed by atoms with Crippen molar-refractivity contribution in [2.24, 2.45) is 7.05 Å². The van der Waals surface area contributed by atoms with E-state index in [4.69, 9.17) is 11.6 Å². The zero-order valence-corrected chi connectivity index (χ0v) is 19.7. The Labute approximate surface area is 203 Å². The molecule has 2 unspecified atom stereocenters. The molecule has 13 heteroatoms. The number of benzene rings is 2. The zero-order valence-electron chi connectivity index (χ0n) is 18.1. The molecule has 1 fully saturated rings. The maximum atomic E-state index is 13.5. The third-order valence-electron chi connectivity index (χ3n) is 5.72. The van der Waals surface area contributed by atoms with Crippen LogP contribution in [0.1, 0.15) is 27.4 Å². The third kappa shape index (κ3) is 5.19. The number of nitrogens with one attached hydrogen (secondary N) is 1. The molecule has 0 radical (unpaired) electrons. The zero-order chi connectivity index (χ0) is 25.5. The van der Waals surface area contributed by atoms with Crippen molar-refractivity contribution >= 4 is 27.5 Å². The number of hydrogen-bond donors (Lipinski definition) is 1. The molecule has 0 spiro atoms. The summed E-state index contributed by atoms with van der Waals surface area (Å²) in [5.74, 6) is -1.76. The maximum absolute atomic E-state index is 13.5. The number of alkyl halides is 3. The SMILES string of the molecule is Cn1cnc(S(=O)(=O)N2CC(NC(=O)c3ccc(C(F)(F)F)c(Cl)c3)C(c3ccc(F)cc3)C2)c1. The van der Waals surface area contributed by atoms with Gasteiger partial charge in [0, 0.05) is 37.8 Å². The lowest BCUT2D eigenvalue weighted by Gasteiger charge is -2.20. The molecule has 1 saturated heterocycles. The van der Waals surface area contributed by atoms with E-state index in [1.165, 1.54) is 41.4 Å². The second-order valence-electron chi connectivity index (χ2n) is 8.13. The van der Waals surface area contributed by atoms with Crippen LogP contribution in [0.4, 0.5) is 17.6 Å². The van der Waals surface area contributed by atoms with Gasteiger partial charge < -0.3 is 9.88 Å². The average Bonchev–Trinajstić information content (AvgIpc) is 3.40. The summed E-state index contributed by atoms with van der Waals surface area (Å²) in [6, 6.07) is 7.28. The molecule has 0 bridgehead atoms. The second-order valence-corrected chi connectivity index (χ2v) is 10.4. The molecule has 1 aliphatic heterocycles. The molecule has 3 aromatic rings. The molecular weight excluding hydrogens is 512 g/mol. The first-order chi connectivity index (χ1) is 16.4. The minimum absolute atomic E-state index is 0.0245. The first-order valence-corrected chi connectivity index (χ1v) is 12.1. The Hall–Kier alpha value is -2.96. The smallest absolute Gasteiger partial charge is 0.347 e. The van der Waals surface area contributed by atoms with Gasteiger partial charge in [0.15, 0.2) is 5.03 Å². The van der Waals surface area contributed by atoms with Crippen LogP contribution < -0.4 is 5.32 Å². The lowest BCUT2D eigenvalue weighted by Crippen LogP contribution is -2.40. The van der Waals surface area contributed by atoms with Crippen LogP contribution in [0.15, 0.2) is 60.0 Å². The number of nitrogens with zero attached hydrogens (tertiary/aromatic N) is 3. The molecule has 2 aromatic carbocycles. The highest BCUT2D eigenvalue weighted by Gasteiger charge is 2.42. The van der Waals surface area contributed by atoms with Crippen LogP contribution in [0.3, 0.4) is 0 Å². The van der Waals surface area contributed by atoms with Crippen molar-refractivity contribution < 1.29 is 30.8 Å². The fraction of sp³-hybridized carbons (Fsp3) is 0.273. The number of aromatic nitrogens is 2. The summed E-state index contributed by atoms with van der Waals surface area (Å²) < 4.78 is 81.3. The molecule has 1 amide bonds.